The van der Waals surface area contributed by atoms with Crippen LogP contribution in [-0.2, 0) is 4.74 Å². The second-order valence-corrected chi connectivity index (χ2v) is 9.94. The first-order valence-corrected chi connectivity index (χ1v) is 14.0. The number of amides is 2. The third kappa shape index (κ3) is 6.36. The number of urea groups is 1. The van der Waals surface area contributed by atoms with Crippen LogP contribution in [0.5, 0.6) is 23.3 Å². The average Bonchev–Trinajstić information content (AvgIpc) is 3.05. The van der Waals surface area contributed by atoms with Crippen LogP contribution in [0, 0.1) is 0 Å². The number of aromatic nitrogens is 3. The van der Waals surface area contributed by atoms with Gasteiger partial charge in [-0.3, -0.25) is 4.98 Å². The van der Waals surface area contributed by atoms with Gasteiger partial charge >= 0.3 is 12.0 Å². The van der Waals surface area contributed by atoms with Crippen LogP contribution in [0.25, 0.3) is 21.7 Å². The van der Waals surface area contributed by atoms with Crippen LogP contribution in [0.15, 0.2) is 79.1 Å². The van der Waals surface area contributed by atoms with Gasteiger partial charge in [0.2, 0.25) is 0 Å². The number of carbonyl (C=O) groups is 1. The van der Waals surface area contributed by atoms with E-state index in [4.69, 9.17) is 18.9 Å². The molecule has 1 saturated heterocycles. The summed E-state index contributed by atoms with van der Waals surface area (Å²) in [5, 5.41) is 5.88. The second-order valence-electron chi connectivity index (χ2n) is 9.94. The van der Waals surface area contributed by atoms with Crippen molar-refractivity contribution >= 4 is 39.2 Å². The van der Waals surface area contributed by atoms with Crippen LogP contribution in [-0.4, -0.2) is 79.5 Å². The number of nitrogens with zero attached hydrogens (tertiary/aromatic N) is 5. The number of benzene rings is 3. The molecule has 0 saturated carbocycles. The SMILES string of the molecule is COCCOc1ccc2c(N3CCN(C(=O)Nc4ccc(Oc5cccc6cnccc56)cc4)CC3)nc(OC)nc2c1. The van der Waals surface area contributed by atoms with E-state index in [1.807, 2.05) is 72.9 Å². The highest BCUT2D eigenvalue weighted by molar-refractivity contribution is 5.92. The normalized spacial score (nSPS) is 13.3. The monoisotopic (exact) mass is 580 g/mol. The topological polar surface area (TPSA) is 111 Å². The molecule has 0 atom stereocenters. The van der Waals surface area contributed by atoms with Crippen LogP contribution in [0.3, 0.4) is 0 Å². The Balaban J connectivity index is 1.08. The van der Waals surface area contributed by atoms with E-state index >= 15 is 0 Å². The summed E-state index contributed by atoms with van der Waals surface area (Å²) in [5.41, 5.74) is 1.42. The molecule has 1 aliphatic rings. The number of fused-ring (bicyclic) bond motifs is 2. The van der Waals surface area contributed by atoms with Gasteiger partial charge in [-0.2, -0.15) is 9.97 Å². The van der Waals surface area contributed by atoms with E-state index in [0.717, 1.165) is 33.2 Å². The van der Waals surface area contributed by atoms with Crippen molar-refractivity contribution in [2.24, 2.45) is 0 Å². The zero-order chi connectivity index (χ0) is 29.6. The van der Waals surface area contributed by atoms with Gasteiger partial charge in [-0.05, 0) is 48.5 Å². The average molecular weight is 581 g/mol. The van der Waals surface area contributed by atoms with E-state index in [1.54, 1.807) is 25.3 Å². The molecule has 3 aromatic carbocycles. The molecule has 3 heterocycles. The summed E-state index contributed by atoms with van der Waals surface area (Å²) in [7, 11) is 3.18. The van der Waals surface area contributed by atoms with E-state index in [9.17, 15) is 4.79 Å². The van der Waals surface area contributed by atoms with Gasteiger partial charge < -0.3 is 34.1 Å². The summed E-state index contributed by atoms with van der Waals surface area (Å²) in [4.78, 5) is 30.4. The van der Waals surface area contributed by atoms with Crippen molar-refractivity contribution in [3.05, 3.63) is 79.1 Å². The molecule has 11 heteroatoms. The molecule has 0 radical (unpaired) electrons. The number of hydrogen-bond donors (Lipinski definition) is 1. The standard InChI is InChI=1S/C32H32N6O5/c1-40-18-19-42-25-10-11-27-28(20-25)35-31(41-2)36-30(27)37-14-16-38(17-15-37)32(39)34-23-6-8-24(9-7-23)43-29-5-3-4-22-21-33-13-12-26(22)29/h3-13,20-21H,14-19H2,1-2H3,(H,34,39). The van der Waals surface area contributed by atoms with Crippen LogP contribution in [0.4, 0.5) is 16.3 Å². The lowest BCUT2D eigenvalue weighted by molar-refractivity contribution is 0.146. The Morgan fingerprint density at radius 1 is 0.884 bits per heavy atom. The first-order chi connectivity index (χ1) is 21.1. The maximum Gasteiger partial charge on any atom is 0.321 e. The second kappa shape index (κ2) is 12.8. The third-order valence-corrected chi connectivity index (χ3v) is 7.21. The number of nitrogens with one attached hydrogen (secondary N) is 1. The van der Waals surface area contributed by atoms with Crippen LogP contribution < -0.4 is 24.4 Å². The molecule has 0 bridgehead atoms. The zero-order valence-electron chi connectivity index (χ0n) is 24.0. The number of piperazine rings is 1. The molecular weight excluding hydrogens is 548 g/mol. The quantitative estimate of drug-likeness (QED) is 0.230. The lowest BCUT2D eigenvalue weighted by Gasteiger charge is -2.35. The lowest BCUT2D eigenvalue weighted by atomic mass is 10.1. The minimum Gasteiger partial charge on any atom is -0.491 e. The molecule has 0 spiro atoms. The van der Waals surface area contributed by atoms with Crippen molar-refractivity contribution in [2.75, 3.05) is 63.8 Å². The fourth-order valence-electron chi connectivity index (χ4n) is 4.98. The van der Waals surface area contributed by atoms with Gasteiger partial charge in [0, 0.05) is 73.6 Å². The van der Waals surface area contributed by atoms with Crippen molar-refractivity contribution < 1.29 is 23.7 Å². The molecule has 6 rings (SSSR count). The summed E-state index contributed by atoms with van der Waals surface area (Å²) < 4.78 is 22.3. The van der Waals surface area contributed by atoms with Gasteiger partial charge in [0.1, 0.15) is 29.7 Å². The van der Waals surface area contributed by atoms with Crippen molar-refractivity contribution in [2.45, 2.75) is 0 Å². The molecule has 0 unspecified atom stereocenters. The number of carbonyl (C=O) groups excluding carboxylic acids is 1. The Hall–Kier alpha value is -5.16. The lowest BCUT2D eigenvalue weighted by Crippen LogP contribution is -2.50. The first kappa shape index (κ1) is 28.0. The van der Waals surface area contributed by atoms with Crippen LogP contribution >= 0.6 is 0 Å². The van der Waals surface area contributed by atoms with Crippen molar-refractivity contribution in [1.29, 1.82) is 0 Å². The Morgan fingerprint density at radius 3 is 2.49 bits per heavy atom. The molecule has 11 nitrogen and oxygen atoms in total. The van der Waals surface area contributed by atoms with E-state index in [0.29, 0.717) is 56.6 Å². The van der Waals surface area contributed by atoms with Gasteiger partial charge in [0.25, 0.3) is 0 Å². The summed E-state index contributed by atoms with van der Waals surface area (Å²) in [6, 6.07) is 21.0. The fraction of sp³-hybridized carbons (Fsp3) is 0.250. The van der Waals surface area contributed by atoms with Crippen LogP contribution in [0.1, 0.15) is 0 Å². The van der Waals surface area contributed by atoms with Gasteiger partial charge in [-0.25, -0.2) is 4.79 Å². The van der Waals surface area contributed by atoms with Crippen LogP contribution in [0.2, 0.25) is 0 Å². The number of hydrogen-bond acceptors (Lipinski definition) is 9. The Bertz CT molecular complexity index is 1720. The van der Waals surface area contributed by atoms with E-state index in [1.165, 1.54) is 0 Å². The number of anilines is 2. The molecule has 5 aromatic rings. The number of rotatable bonds is 9. The molecular formula is C32H32N6O5. The molecule has 2 aromatic heterocycles. The summed E-state index contributed by atoms with van der Waals surface area (Å²) in [6.45, 7) is 3.24. The maximum absolute atomic E-state index is 13.1. The predicted octanol–water partition coefficient (Wildman–Crippen LogP) is 5.36. The minimum atomic E-state index is -0.155. The van der Waals surface area contributed by atoms with Gasteiger partial charge in [0.05, 0.1) is 19.2 Å². The summed E-state index contributed by atoms with van der Waals surface area (Å²) >= 11 is 0. The van der Waals surface area contributed by atoms with Gasteiger partial charge in [-0.1, -0.05) is 12.1 Å². The highest BCUT2D eigenvalue weighted by atomic mass is 16.5. The smallest absolute Gasteiger partial charge is 0.321 e. The summed E-state index contributed by atoms with van der Waals surface area (Å²) in [6.07, 6.45) is 3.56. The van der Waals surface area contributed by atoms with Crippen molar-refractivity contribution in [1.82, 2.24) is 19.9 Å². The molecule has 43 heavy (non-hydrogen) atoms. The van der Waals surface area contributed by atoms with Gasteiger partial charge in [0.15, 0.2) is 0 Å². The molecule has 1 aliphatic heterocycles. The van der Waals surface area contributed by atoms with E-state index < -0.39 is 0 Å². The zero-order valence-corrected chi connectivity index (χ0v) is 24.0. The largest absolute Gasteiger partial charge is 0.491 e. The predicted molar refractivity (Wildman–Crippen MR) is 165 cm³/mol. The first-order valence-electron chi connectivity index (χ1n) is 14.0. The van der Waals surface area contributed by atoms with Crippen molar-refractivity contribution in [3.63, 3.8) is 0 Å². The third-order valence-electron chi connectivity index (χ3n) is 7.21. The fourth-order valence-corrected chi connectivity index (χ4v) is 4.98. The highest BCUT2D eigenvalue weighted by Crippen LogP contribution is 2.31. The summed E-state index contributed by atoms with van der Waals surface area (Å²) in [5.74, 6) is 2.89. The van der Waals surface area contributed by atoms with Gasteiger partial charge in [-0.15, -0.1) is 0 Å². The minimum absolute atomic E-state index is 0.155. The molecule has 1 N–H and O–H groups in total. The Morgan fingerprint density at radius 2 is 1.70 bits per heavy atom. The molecule has 0 aliphatic carbocycles. The Labute approximate surface area is 249 Å². The van der Waals surface area contributed by atoms with E-state index in [2.05, 4.69) is 25.2 Å². The molecule has 220 valence electrons. The molecule has 2 amide bonds. The molecule has 1 fully saturated rings. The number of methoxy groups -OCH3 is 2. The maximum atomic E-state index is 13.1. The van der Waals surface area contributed by atoms with Crippen molar-refractivity contribution in [3.8, 4) is 23.3 Å². The highest BCUT2D eigenvalue weighted by Gasteiger charge is 2.24. The number of pyridine rings is 1. The number of ether oxygens (including phenoxy) is 4. The Kier molecular flexibility index (Phi) is 8.32. The van der Waals surface area contributed by atoms with E-state index in [-0.39, 0.29) is 12.0 Å².